The second kappa shape index (κ2) is 7.43. The summed E-state index contributed by atoms with van der Waals surface area (Å²) < 4.78 is 5.66. The van der Waals surface area contributed by atoms with E-state index in [4.69, 9.17) is 10.5 Å². The van der Waals surface area contributed by atoms with Crippen LogP contribution in [0, 0.1) is 6.92 Å². The van der Waals surface area contributed by atoms with Crippen molar-refractivity contribution >= 4 is 17.3 Å². The lowest BCUT2D eigenvalue weighted by Crippen LogP contribution is -2.43. The summed E-state index contributed by atoms with van der Waals surface area (Å²) in [5, 5.41) is 2.94. The molecule has 5 heteroatoms. The van der Waals surface area contributed by atoms with Gasteiger partial charge in [-0.25, -0.2) is 0 Å². The van der Waals surface area contributed by atoms with Gasteiger partial charge in [0.1, 0.15) is 0 Å². The lowest BCUT2D eigenvalue weighted by molar-refractivity contribution is -0.118. The Hall–Kier alpha value is -1.59. The van der Waals surface area contributed by atoms with Crippen LogP contribution >= 0.6 is 0 Å². The van der Waals surface area contributed by atoms with Gasteiger partial charge in [0.15, 0.2) is 0 Å². The number of hydrogen-bond donors (Lipinski definition) is 2. The van der Waals surface area contributed by atoms with E-state index in [9.17, 15) is 4.79 Å². The Morgan fingerprint density at radius 1 is 1.52 bits per heavy atom. The minimum atomic E-state index is 0.000786. The number of likely N-dealkylation sites (tertiary alicyclic amines) is 1. The number of carbonyl (C=O) groups is 1. The Bertz CT molecular complexity index is 488. The molecule has 116 valence electrons. The molecule has 2 rings (SSSR count). The zero-order valence-electron chi connectivity index (χ0n) is 12.9. The molecule has 1 unspecified atom stereocenters. The summed E-state index contributed by atoms with van der Waals surface area (Å²) in [6.45, 7) is 6.83. The normalized spacial score (nSPS) is 19.4. The average Bonchev–Trinajstić information content (AvgIpc) is 2.44. The first-order valence-corrected chi connectivity index (χ1v) is 7.59. The van der Waals surface area contributed by atoms with Crippen molar-refractivity contribution in [3.05, 3.63) is 23.8 Å². The van der Waals surface area contributed by atoms with Gasteiger partial charge >= 0.3 is 0 Å². The highest BCUT2D eigenvalue weighted by molar-refractivity contribution is 5.93. The quantitative estimate of drug-likeness (QED) is 0.814. The third-order valence-corrected chi connectivity index (χ3v) is 3.88. The van der Waals surface area contributed by atoms with Crippen molar-refractivity contribution in [2.24, 2.45) is 0 Å². The molecular weight excluding hydrogens is 266 g/mol. The Kier molecular flexibility index (Phi) is 5.59. The number of hydrogen-bond acceptors (Lipinski definition) is 4. The molecule has 0 aromatic heterocycles. The van der Waals surface area contributed by atoms with E-state index in [0.29, 0.717) is 12.2 Å². The number of nitrogens with zero attached hydrogens (tertiary/aromatic N) is 1. The average molecular weight is 291 g/mol. The highest BCUT2D eigenvalue weighted by Crippen LogP contribution is 2.20. The van der Waals surface area contributed by atoms with Crippen molar-refractivity contribution in [3.63, 3.8) is 0 Å². The van der Waals surface area contributed by atoms with Crippen molar-refractivity contribution < 1.29 is 9.53 Å². The lowest BCUT2D eigenvalue weighted by Gasteiger charge is -2.31. The van der Waals surface area contributed by atoms with E-state index in [1.807, 2.05) is 32.0 Å². The number of carbonyl (C=O) groups excluding carboxylic acids is 1. The summed E-state index contributed by atoms with van der Waals surface area (Å²) in [6, 6.07) is 5.56. The fourth-order valence-corrected chi connectivity index (χ4v) is 2.71. The van der Waals surface area contributed by atoms with Gasteiger partial charge in [-0.1, -0.05) is 6.07 Å². The number of anilines is 2. The lowest BCUT2D eigenvalue weighted by atomic mass is 10.1. The molecule has 21 heavy (non-hydrogen) atoms. The molecule has 1 fully saturated rings. The molecule has 0 radical (unpaired) electrons. The number of rotatable bonds is 5. The Morgan fingerprint density at radius 2 is 2.33 bits per heavy atom. The van der Waals surface area contributed by atoms with Gasteiger partial charge in [-0.15, -0.1) is 0 Å². The molecular formula is C16H25N3O2. The van der Waals surface area contributed by atoms with Gasteiger partial charge in [-0.3, -0.25) is 9.69 Å². The molecule has 0 saturated carbocycles. The molecule has 5 nitrogen and oxygen atoms in total. The van der Waals surface area contributed by atoms with Crippen LogP contribution < -0.4 is 11.1 Å². The van der Waals surface area contributed by atoms with Crippen LogP contribution in [0.15, 0.2) is 18.2 Å². The van der Waals surface area contributed by atoms with Crippen LogP contribution in [0.2, 0.25) is 0 Å². The first-order chi connectivity index (χ1) is 10.1. The molecule has 0 spiro atoms. The molecule has 1 aliphatic heterocycles. The van der Waals surface area contributed by atoms with Crippen molar-refractivity contribution in [1.29, 1.82) is 0 Å². The molecule has 1 aromatic rings. The van der Waals surface area contributed by atoms with E-state index in [1.54, 1.807) is 0 Å². The minimum Gasteiger partial charge on any atom is -0.398 e. The van der Waals surface area contributed by atoms with E-state index in [2.05, 4.69) is 10.2 Å². The maximum atomic E-state index is 12.2. The number of ether oxygens (including phenoxy) is 1. The smallest absolute Gasteiger partial charge is 0.238 e. The van der Waals surface area contributed by atoms with Gasteiger partial charge in [0.05, 0.1) is 12.6 Å². The second-order valence-corrected chi connectivity index (χ2v) is 5.52. The highest BCUT2D eigenvalue weighted by atomic mass is 16.5. The molecule has 1 heterocycles. The summed E-state index contributed by atoms with van der Waals surface area (Å²) in [4.78, 5) is 14.3. The molecule has 1 atom stereocenters. The summed E-state index contributed by atoms with van der Waals surface area (Å²) >= 11 is 0. The number of nitrogens with two attached hydrogens (primary N) is 1. The molecule has 1 aliphatic rings. The topological polar surface area (TPSA) is 67.6 Å². The van der Waals surface area contributed by atoms with Crippen LogP contribution in [0.5, 0.6) is 0 Å². The number of nitrogens with one attached hydrogen (secondary N) is 1. The predicted molar refractivity (Wildman–Crippen MR) is 85.3 cm³/mol. The summed E-state index contributed by atoms with van der Waals surface area (Å²) in [5.74, 6) is 0.000786. The number of benzene rings is 1. The Balaban J connectivity index is 1.88. The summed E-state index contributed by atoms with van der Waals surface area (Å²) in [7, 11) is 0. The van der Waals surface area contributed by atoms with Gasteiger partial charge in [-0.05, 0) is 50.9 Å². The van der Waals surface area contributed by atoms with Crippen molar-refractivity contribution in [2.75, 3.05) is 37.3 Å². The second-order valence-electron chi connectivity index (χ2n) is 5.52. The van der Waals surface area contributed by atoms with Crippen LogP contribution in [0.1, 0.15) is 25.3 Å². The summed E-state index contributed by atoms with van der Waals surface area (Å²) in [6.07, 6.45) is 2.42. The zero-order chi connectivity index (χ0) is 15.2. The van der Waals surface area contributed by atoms with Crippen molar-refractivity contribution in [2.45, 2.75) is 32.8 Å². The number of piperidine rings is 1. The minimum absolute atomic E-state index is 0.000786. The number of amides is 1. The predicted octanol–water partition coefficient (Wildman–Crippen LogP) is 2.02. The molecule has 1 amide bonds. The van der Waals surface area contributed by atoms with E-state index in [-0.39, 0.29) is 12.0 Å². The number of nitrogen functional groups attached to an aromatic ring is 1. The standard InChI is InChI=1S/C16H25N3O2/c1-3-21-13-6-5-9-19(10-13)11-16(20)18-15-8-4-7-14(17)12(15)2/h4,7-8,13H,3,5-6,9-11,17H2,1-2H3,(H,18,20). The van der Waals surface area contributed by atoms with Gasteiger partial charge in [-0.2, -0.15) is 0 Å². The van der Waals surface area contributed by atoms with Crippen LogP contribution in [0.3, 0.4) is 0 Å². The molecule has 1 aromatic carbocycles. The van der Waals surface area contributed by atoms with E-state index < -0.39 is 0 Å². The molecule has 1 saturated heterocycles. The first kappa shape index (κ1) is 15.8. The third-order valence-electron chi connectivity index (χ3n) is 3.88. The molecule has 3 N–H and O–H groups in total. The van der Waals surface area contributed by atoms with Gasteiger partial charge < -0.3 is 15.8 Å². The fourth-order valence-electron chi connectivity index (χ4n) is 2.71. The van der Waals surface area contributed by atoms with Gasteiger partial charge in [0, 0.05) is 24.5 Å². The Morgan fingerprint density at radius 3 is 3.10 bits per heavy atom. The van der Waals surface area contributed by atoms with Gasteiger partial charge in [0.25, 0.3) is 0 Å². The van der Waals surface area contributed by atoms with E-state index >= 15 is 0 Å². The monoisotopic (exact) mass is 291 g/mol. The zero-order valence-corrected chi connectivity index (χ0v) is 12.9. The van der Waals surface area contributed by atoms with Crippen LogP contribution in [-0.2, 0) is 9.53 Å². The highest BCUT2D eigenvalue weighted by Gasteiger charge is 2.21. The van der Waals surface area contributed by atoms with E-state index in [1.165, 1.54) is 0 Å². The van der Waals surface area contributed by atoms with Crippen LogP contribution in [0.4, 0.5) is 11.4 Å². The SMILES string of the molecule is CCOC1CCCN(CC(=O)Nc2cccc(N)c2C)C1. The maximum absolute atomic E-state index is 12.2. The Labute approximate surface area is 126 Å². The fraction of sp³-hybridized carbons (Fsp3) is 0.562. The van der Waals surface area contributed by atoms with Gasteiger partial charge in [0.2, 0.25) is 5.91 Å². The summed E-state index contributed by atoms with van der Waals surface area (Å²) in [5.41, 5.74) is 8.25. The first-order valence-electron chi connectivity index (χ1n) is 7.59. The van der Waals surface area contributed by atoms with E-state index in [0.717, 1.165) is 43.8 Å². The molecule has 0 aliphatic carbocycles. The third kappa shape index (κ3) is 4.44. The van der Waals surface area contributed by atoms with Crippen LogP contribution in [0.25, 0.3) is 0 Å². The largest absolute Gasteiger partial charge is 0.398 e. The van der Waals surface area contributed by atoms with Crippen molar-refractivity contribution in [1.82, 2.24) is 4.90 Å². The van der Waals surface area contributed by atoms with Crippen LogP contribution in [-0.4, -0.2) is 43.2 Å². The molecule has 0 bridgehead atoms. The van der Waals surface area contributed by atoms with Crippen molar-refractivity contribution in [3.8, 4) is 0 Å². The maximum Gasteiger partial charge on any atom is 0.238 e.